The number of anilines is 6. The highest BCUT2D eigenvalue weighted by Gasteiger charge is 2.31. The summed E-state index contributed by atoms with van der Waals surface area (Å²) in [5, 5.41) is 9.72. The summed E-state index contributed by atoms with van der Waals surface area (Å²) in [5.41, 5.74) is 10.7. The molecule has 81 heavy (non-hydrogen) atoms. The normalized spacial score (nSPS) is 10.8. The summed E-state index contributed by atoms with van der Waals surface area (Å²) in [7, 11) is 0. The number of nitrogens with two attached hydrogens (primary N) is 1. The number of carbonyl (C=O) groups excluding carboxylic acids is 1. The van der Waals surface area contributed by atoms with Crippen LogP contribution in [0.2, 0.25) is 0 Å². The topological polar surface area (TPSA) is 207 Å². The molecule has 6 aromatic heterocycles. The predicted octanol–water partition coefficient (Wildman–Crippen LogP) is 14.5. The van der Waals surface area contributed by atoms with Gasteiger partial charge in [0.2, 0.25) is 11.9 Å². The van der Waals surface area contributed by atoms with Crippen molar-refractivity contribution in [1.82, 2.24) is 39.9 Å². The molecular weight excluding hydrogens is 1060 g/mol. The number of nitrogens with one attached hydrogen (secondary N) is 4. The van der Waals surface area contributed by atoms with Gasteiger partial charge in [0, 0.05) is 58.4 Å². The Balaban J connectivity index is 0.000000213. The summed E-state index contributed by atoms with van der Waals surface area (Å²) in [4.78, 5) is 42.7. The zero-order valence-electron chi connectivity index (χ0n) is 40.7. The van der Waals surface area contributed by atoms with E-state index in [0.29, 0.717) is 40.2 Å². The quantitative estimate of drug-likeness (QED) is 0.0239. The number of rotatable bonds is 13. The van der Waals surface area contributed by atoms with Gasteiger partial charge >= 0.3 is 12.4 Å². The minimum Gasteiger partial charge on any atom is -0.354 e. The van der Waals surface area contributed by atoms with Gasteiger partial charge in [-0.1, -0.05) is 87.6 Å². The molecule has 23 heteroatoms. The third-order valence-electron chi connectivity index (χ3n) is 10.9. The van der Waals surface area contributed by atoms with Gasteiger partial charge in [-0.05, 0) is 83.9 Å². The molecule has 0 aliphatic carbocycles. The first-order valence-electron chi connectivity index (χ1n) is 23.2. The van der Waals surface area contributed by atoms with Gasteiger partial charge in [0.1, 0.15) is 17.1 Å². The second-order valence-electron chi connectivity index (χ2n) is 16.4. The molecule has 0 aliphatic rings. The van der Waals surface area contributed by atoms with Gasteiger partial charge in [-0.25, -0.2) is 40.0 Å². The van der Waals surface area contributed by atoms with Crippen LogP contribution in [0.25, 0.3) is 44.8 Å². The number of hydrazone groups is 1. The van der Waals surface area contributed by atoms with Crippen LogP contribution in [0.4, 0.5) is 69.8 Å². The smallest absolute Gasteiger partial charge is 0.354 e. The molecule has 6 heterocycles. The SMILES string of the molecule is C.C.Fc1cnc(N/N=C/c2ccc(Nc3cccc(C(F)(F)F)c3)cn2)nc1-c1cncc(-c2ccccc2)c1.NNc1ncc(F)c(-c2cncc(-c3ccccc3)c2)n1.O=Cc1ccc(Nc2cccc(C(F)(F)F)c2)cn1. The van der Waals surface area contributed by atoms with E-state index in [1.54, 1.807) is 42.9 Å². The van der Waals surface area contributed by atoms with Crippen LogP contribution in [-0.4, -0.2) is 52.4 Å². The zero-order chi connectivity index (χ0) is 55.8. The molecule has 15 nitrogen and oxygen atoms in total. The summed E-state index contributed by atoms with van der Waals surface area (Å²) < 4.78 is 105. The van der Waals surface area contributed by atoms with Crippen LogP contribution in [-0.2, 0) is 12.4 Å². The van der Waals surface area contributed by atoms with E-state index >= 15 is 0 Å². The van der Waals surface area contributed by atoms with Crippen LogP contribution in [0.5, 0.6) is 0 Å². The Morgan fingerprint density at radius 1 is 0.444 bits per heavy atom. The number of aromatic nitrogens is 8. The molecule has 0 spiro atoms. The molecule has 10 aromatic rings. The Morgan fingerprint density at radius 2 is 0.889 bits per heavy atom. The average molecular weight is 1110 g/mol. The molecule has 0 atom stereocenters. The number of halogens is 8. The highest BCUT2D eigenvalue weighted by molar-refractivity contribution is 5.78. The number of hydrazine groups is 1. The molecule has 412 valence electrons. The van der Waals surface area contributed by atoms with E-state index in [2.05, 4.69) is 66.5 Å². The van der Waals surface area contributed by atoms with Gasteiger partial charge in [-0.3, -0.25) is 30.2 Å². The van der Waals surface area contributed by atoms with E-state index in [-0.39, 0.29) is 49.5 Å². The van der Waals surface area contributed by atoms with Crippen LogP contribution in [0.3, 0.4) is 0 Å². The lowest BCUT2D eigenvalue weighted by Crippen LogP contribution is -2.11. The lowest BCUT2D eigenvalue weighted by molar-refractivity contribution is -0.138. The first-order valence-corrected chi connectivity index (χ1v) is 23.2. The van der Waals surface area contributed by atoms with Gasteiger partial charge in [0.15, 0.2) is 17.9 Å². The van der Waals surface area contributed by atoms with Gasteiger partial charge < -0.3 is 10.6 Å². The second kappa shape index (κ2) is 27.8. The summed E-state index contributed by atoms with van der Waals surface area (Å²) in [6, 6.07) is 39.0. The van der Waals surface area contributed by atoms with Crippen molar-refractivity contribution in [1.29, 1.82) is 0 Å². The molecule has 0 saturated heterocycles. The molecule has 0 aliphatic heterocycles. The molecule has 0 saturated carbocycles. The fourth-order valence-corrected chi connectivity index (χ4v) is 7.12. The first-order chi connectivity index (χ1) is 38.1. The predicted molar refractivity (Wildman–Crippen MR) is 297 cm³/mol. The second-order valence-corrected chi connectivity index (χ2v) is 16.4. The number of alkyl halides is 6. The first kappa shape index (κ1) is 59.8. The van der Waals surface area contributed by atoms with Crippen molar-refractivity contribution in [2.24, 2.45) is 10.9 Å². The number of pyridine rings is 4. The number of hydrogen-bond acceptors (Lipinski definition) is 15. The van der Waals surface area contributed by atoms with Gasteiger partial charge in [0.05, 0.1) is 59.2 Å². The minimum absolute atomic E-state index is 0. The Morgan fingerprint density at radius 3 is 1.32 bits per heavy atom. The van der Waals surface area contributed by atoms with E-state index in [0.717, 1.165) is 58.9 Å². The third-order valence-corrected chi connectivity index (χ3v) is 10.9. The number of nitrogens with zero attached hydrogens (tertiary/aromatic N) is 9. The number of carbonyl (C=O) groups is 1. The lowest BCUT2D eigenvalue weighted by atomic mass is 10.0. The molecule has 0 unspecified atom stereocenters. The standard InChI is InChI=1S/C28H19F4N7.C15H12FN5.C13H9F3N2O.2CH4/c29-25-17-35-27(38-26(25)20-11-19(13-33-14-20)18-5-2-1-3-6-18)39-36-16-23-9-10-24(15-34-23)37-22-8-4-7-21(12-22)28(30,31)32;16-13-9-19-15(21-17)20-14(13)12-6-11(7-18-8-12)10-4-2-1-3-5-10;14-13(15,16)9-2-1-3-10(6-9)18-11-4-5-12(8-19)17-7-11;;/h1-17,37H,(H,35,38,39);1-9H,17H2,(H,19,20,21);1-8,18H;2*1H4/b36-16+;;;;. The van der Waals surface area contributed by atoms with Gasteiger partial charge in [0.25, 0.3) is 0 Å². The molecule has 0 radical (unpaired) electrons. The maximum Gasteiger partial charge on any atom is 0.416 e. The molecule has 0 bridgehead atoms. The maximum absolute atomic E-state index is 14.6. The van der Waals surface area contributed by atoms with E-state index in [4.69, 9.17) is 5.84 Å². The van der Waals surface area contributed by atoms with Crippen molar-refractivity contribution < 1.29 is 39.9 Å². The third kappa shape index (κ3) is 16.8. The Kier molecular flexibility index (Phi) is 20.5. The van der Waals surface area contributed by atoms with E-state index in [1.807, 2.05) is 66.7 Å². The van der Waals surface area contributed by atoms with Crippen molar-refractivity contribution in [3.05, 3.63) is 229 Å². The highest BCUT2D eigenvalue weighted by atomic mass is 19.4. The van der Waals surface area contributed by atoms with Crippen molar-refractivity contribution in [2.75, 3.05) is 21.5 Å². The van der Waals surface area contributed by atoms with Crippen LogP contribution in [0, 0.1) is 11.6 Å². The van der Waals surface area contributed by atoms with Crippen molar-refractivity contribution in [2.45, 2.75) is 27.2 Å². The Labute approximate surface area is 459 Å². The lowest BCUT2D eigenvalue weighted by Gasteiger charge is -2.10. The summed E-state index contributed by atoms with van der Waals surface area (Å²) in [5.74, 6) is 4.33. The van der Waals surface area contributed by atoms with Crippen LogP contribution < -0.4 is 27.3 Å². The number of nitrogen functional groups attached to an aromatic ring is 1. The monoisotopic (exact) mass is 1110 g/mol. The highest BCUT2D eigenvalue weighted by Crippen LogP contribution is 2.33. The van der Waals surface area contributed by atoms with E-state index in [9.17, 15) is 39.9 Å². The van der Waals surface area contributed by atoms with Gasteiger partial charge in [-0.2, -0.15) is 31.4 Å². The summed E-state index contributed by atoms with van der Waals surface area (Å²) in [6.45, 7) is 0. The number of benzene rings is 4. The van der Waals surface area contributed by atoms with Crippen molar-refractivity contribution >= 4 is 47.1 Å². The Bertz CT molecular complexity index is 3670. The fraction of sp³-hybridized carbons (Fsp3) is 0.0690. The van der Waals surface area contributed by atoms with Crippen LogP contribution in [0.15, 0.2) is 200 Å². The molecule has 10 rings (SSSR count). The van der Waals surface area contributed by atoms with Crippen molar-refractivity contribution in [3.63, 3.8) is 0 Å². The van der Waals surface area contributed by atoms with Crippen molar-refractivity contribution in [3.8, 4) is 44.8 Å². The molecule has 0 amide bonds. The zero-order valence-corrected chi connectivity index (χ0v) is 40.7. The maximum atomic E-state index is 14.6. The summed E-state index contributed by atoms with van der Waals surface area (Å²) >= 11 is 0. The minimum atomic E-state index is -4.43. The number of aldehydes is 1. The summed E-state index contributed by atoms with van der Waals surface area (Å²) in [6.07, 6.45) is 4.63. The van der Waals surface area contributed by atoms with Crippen LogP contribution >= 0.6 is 0 Å². The largest absolute Gasteiger partial charge is 0.416 e. The number of hydrogen-bond donors (Lipinski definition) is 5. The fourth-order valence-electron chi connectivity index (χ4n) is 7.12. The van der Waals surface area contributed by atoms with Crippen LogP contribution in [0.1, 0.15) is 42.2 Å². The average Bonchev–Trinajstić information content (AvgIpc) is 3.49. The molecule has 6 N–H and O–H groups in total. The molecular formula is C58H48F8N14O. The van der Waals surface area contributed by atoms with E-state index in [1.165, 1.54) is 55.1 Å². The molecule has 4 aromatic carbocycles. The van der Waals surface area contributed by atoms with E-state index < -0.39 is 35.1 Å². The molecule has 0 fully saturated rings. The Hall–Kier alpha value is -10.4. The van der Waals surface area contributed by atoms with Gasteiger partial charge in [-0.15, -0.1) is 0 Å².